The van der Waals surface area contributed by atoms with Gasteiger partial charge in [-0.05, 0) is 25.3 Å². The Bertz CT molecular complexity index is 429. The van der Waals surface area contributed by atoms with E-state index in [9.17, 15) is 14.9 Å². The number of nitrogens with zero attached hydrogens (tertiary/aromatic N) is 1. The van der Waals surface area contributed by atoms with E-state index < -0.39 is 11.0 Å². The van der Waals surface area contributed by atoms with Gasteiger partial charge in [-0.15, -0.1) is 0 Å². The van der Waals surface area contributed by atoms with Gasteiger partial charge in [0, 0.05) is 25.1 Å². The maximum Gasteiger partial charge on any atom is 0.269 e. The molecule has 0 aromatic heterocycles. The highest BCUT2D eigenvalue weighted by Gasteiger charge is 2.05. The highest BCUT2D eigenvalue weighted by atomic mass is 16.6. The molecule has 0 aliphatic heterocycles. The second-order valence-electron chi connectivity index (χ2n) is 4.41. The van der Waals surface area contributed by atoms with Crippen LogP contribution >= 0.6 is 0 Å². The molecule has 0 spiro atoms. The van der Waals surface area contributed by atoms with Crippen LogP contribution in [0.3, 0.4) is 0 Å². The standard InChI is InChI=1S/C13H18N2O4/c1-10(16)2-7-13(17)14-9-8-11-3-5-12(6-4-11)15(18)19/h3-6,10,16H,2,7-9H2,1H3,(H,14,17). The molecule has 6 heteroatoms. The molecule has 0 fully saturated rings. The monoisotopic (exact) mass is 266 g/mol. The number of aliphatic hydroxyl groups excluding tert-OH is 1. The van der Waals surface area contributed by atoms with Crippen molar-refractivity contribution in [1.82, 2.24) is 5.32 Å². The zero-order chi connectivity index (χ0) is 14.3. The zero-order valence-electron chi connectivity index (χ0n) is 10.8. The summed E-state index contributed by atoms with van der Waals surface area (Å²) < 4.78 is 0. The Hall–Kier alpha value is -1.95. The maximum absolute atomic E-state index is 11.4. The summed E-state index contributed by atoms with van der Waals surface area (Å²) in [6.07, 6.45) is 0.903. The zero-order valence-corrected chi connectivity index (χ0v) is 10.8. The molecule has 1 rings (SSSR count). The van der Waals surface area contributed by atoms with Gasteiger partial charge in [-0.1, -0.05) is 12.1 Å². The third-order valence-corrected chi connectivity index (χ3v) is 2.67. The quantitative estimate of drug-likeness (QED) is 0.576. The third kappa shape index (κ3) is 5.96. The van der Waals surface area contributed by atoms with Crippen molar-refractivity contribution in [3.05, 3.63) is 39.9 Å². The molecule has 0 aliphatic rings. The lowest BCUT2D eigenvalue weighted by Crippen LogP contribution is -2.26. The summed E-state index contributed by atoms with van der Waals surface area (Å²) >= 11 is 0. The number of nitro groups is 1. The second kappa shape index (κ2) is 7.48. The largest absolute Gasteiger partial charge is 0.393 e. The fourth-order valence-electron chi connectivity index (χ4n) is 1.56. The van der Waals surface area contributed by atoms with Gasteiger partial charge in [-0.2, -0.15) is 0 Å². The summed E-state index contributed by atoms with van der Waals surface area (Å²) in [5.74, 6) is -0.0946. The number of hydrogen-bond acceptors (Lipinski definition) is 4. The molecule has 1 aromatic carbocycles. The van der Waals surface area contributed by atoms with Crippen molar-refractivity contribution in [3.63, 3.8) is 0 Å². The lowest BCUT2D eigenvalue weighted by molar-refractivity contribution is -0.384. The molecule has 0 saturated carbocycles. The average molecular weight is 266 g/mol. The van der Waals surface area contributed by atoms with E-state index in [2.05, 4.69) is 5.32 Å². The molecular formula is C13H18N2O4. The third-order valence-electron chi connectivity index (χ3n) is 2.67. The minimum atomic E-state index is -0.472. The molecule has 6 nitrogen and oxygen atoms in total. The van der Waals surface area contributed by atoms with Gasteiger partial charge in [-0.3, -0.25) is 14.9 Å². The summed E-state index contributed by atoms with van der Waals surface area (Å²) in [7, 11) is 0. The average Bonchev–Trinajstić information content (AvgIpc) is 2.37. The number of nitro benzene ring substituents is 1. The number of carbonyl (C=O) groups excluding carboxylic acids is 1. The molecule has 1 amide bonds. The summed E-state index contributed by atoms with van der Waals surface area (Å²) in [5.41, 5.74) is 0.992. The highest BCUT2D eigenvalue weighted by molar-refractivity contribution is 5.75. The first-order valence-corrected chi connectivity index (χ1v) is 6.17. The number of carbonyl (C=O) groups is 1. The molecule has 104 valence electrons. The Morgan fingerprint density at radius 1 is 1.42 bits per heavy atom. The number of benzene rings is 1. The van der Waals surface area contributed by atoms with Crippen molar-refractivity contribution < 1.29 is 14.8 Å². The van der Waals surface area contributed by atoms with Crippen molar-refractivity contribution >= 4 is 11.6 Å². The van der Waals surface area contributed by atoms with Gasteiger partial charge >= 0.3 is 0 Å². The van der Waals surface area contributed by atoms with E-state index in [4.69, 9.17) is 5.11 Å². The normalized spacial score (nSPS) is 11.9. The van der Waals surface area contributed by atoms with Crippen molar-refractivity contribution in [3.8, 4) is 0 Å². The Kier molecular flexibility index (Phi) is 5.95. The molecule has 2 N–H and O–H groups in total. The molecule has 19 heavy (non-hydrogen) atoms. The SMILES string of the molecule is CC(O)CCC(=O)NCCc1ccc([N+](=O)[O-])cc1. The summed E-state index contributed by atoms with van der Waals surface area (Å²) in [6.45, 7) is 2.13. The molecule has 0 heterocycles. The van der Waals surface area contributed by atoms with Crippen LogP contribution < -0.4 is 5.32 Å². The van der Waals surface area contributed by atoms with E-state index >= 15 is 0 Å². The van der Waals surface area contributed by atoms with Gasteiger partial charge in [0.25, 0.3) is 5.69 Å². The minimum absolute atomic E-state index is 0.0599. The number of nitrogens with one attached hydrogen (secondary N) is 1. The molecule has 1 unspecified atom stereocenters. The molecule has 1 aromatic rings. The number of aliphatic hydroxyl groups is 1. The van der Waals surface area contributed by atoms with Gasteiger partial charge in [0.2, 0.25) is 5.91 Å². The Labute approximate surface area is 111 Å². The molecule has 0 aliphatic carbocycles. The van der Waals surface area contributed by atoms with Gasteiger partial charge < -0.3 is 10.4 Å². The second-order valence-corrected chi connectivity index (χ2v) is 4.41. The number of hydrogen-bond donors (Lipinski definition) is 2. The number of amides is 1. The van der Waals surface area contributed by atoms with Gasteiger partial charge in [0.15, 0.2) is 0 Å². The molecular weight excluding hydrogens is 248 g/mol. The first-order valence-electron chi connectivity index (χ1n) is 6.17. The number of rotatable bonds is 7. The lowest BCUT2D eigenvalue weighted by atomic mass is 10.1. The topological polar surface area (TPSA) is 92.5 Å². The summed E-state index contributed by atoms with van der Waals surface area (Å²) in [4.78, 5) is 21.4. The van der Waals surface area contributed by atoms with Gasteiger partial charge in [-0.25, -0.2) is 0 Å². The number of non-ortho nitro benzene ring substituents is 1. The van der Waals surface area contributed by atoms with Crippen LogP contribution in [0.5, 0.6) is 0 Å². The summed E-state index contributed by atoms with van der Waals surface area (Å²) in [6, 6.07) is 6.26. The van der Waals surface area contributed by atoms with E-state index in [1.165, 1.54) is 12.1 Å². The van der Waals surface area contributed by atoms with Gasteiger partial charge in [0.05, 0.1) is 11.0 Å². The van der Waals surface area contributed by atoms with E-state index in [0.29, 0.717) is 25.8 Å². The van der Waals surface area contributed by atoms with Crippen LogP contribution in [-0.4, -0.2) is 28.6 Å². The molecule has 1 atom stereocenters. The van der Waals surface area contributed by atoms with E-state index in [1.54, 1.807) is 19.1 Å². The van der Waals surface area contributed by atoms with Crippen LogP contribution in [0.4, 0.5) is 5.69 Å². The van der Waals surface area contributed by atoms with Crippen molar-refractivity contribution in [2.75, 3.05) is 6.54 Å². The highest BCUT2D eigenvalue weighted by Crippen LogP contribution is 2.11. The van der Waals surface area contributed by atoms with E-state index in [-0.39, 0.29) is 11.6 Å². The first kappa shape index (κ1) is 15.1. The molecule has 0 bridgehead atoms. The van der Waals surface area contributed by atoms with E-state index in [0.717, 1.165) is 5.56 Å². The Balaban J connectivity index is 2.29. The molecule has 0 saturated heterocycles. The van der Waals surface area contributed by atoms with E-state index in [1.807, 2.05) is 0 Å². The minimum Gasteiger partial charge on any atom is -0.393 e. The predicted octanol–water partition coefficient (Wildman–Crippen LogP) is 1.41. The van der Waals surface area contributed by atoms with Crippen LogP contribution in [0.1, 0.15) is 25.3 Å². The van der Waals surface area contributed by atoms with Crippen molar-refractivity contribution in [1.29, 1.82) is 0 Å². The van der Waals surface area contributed by atoms with Gasteiger partial charge in [0.1, 0.15) is 0 Å². The van der Waals surface area contributed by atoms with Crippen molar-refractivity contribution in [2.45, 2.75) is 32.3 Å². The summed E-state index contributed by atoms with van der Waals surface area (Å²) in [5, 5.41) is 22.3. The predicted molar refractivity (Wildman–Crippen MR) is 70.7 cm³/mol. The van der Waals surface area contributed by atoms with Crippen LogP contribution in [0.2, 0.25) is 0 Å². The fourth-order valence-corrected chi connectivity index (χ4v) is 1.56. The van der Waals surface area contributed by atoms with Crippen LogP contribution in [0.25, 0.3) is 0 Å². The fraction of sp³-hybridized carbons (Fsp3) is 0.462. The van der Waals surface area contributed by atoms with Crippen LogP contribution in [0, 0.1) is 10.1 Å². The van der Waals surface area contributed by atoms with Crippen molar-refractivity contribution in [2.24, 2.45) is 0 Å². The molecule has 0 radical (unpaired) electrons. The maximum atomic E-state index is 11.4. The van der Waals surface area contributed by atoms with Crippen LogP contribution in [-0.2, 0) is 11.2 Å². The lowest BCUT2D eigenvalue weighted by Gasteiger charge is -2.06. The first-order chi connectivity index (χ1) is 8.99. The van der Waals surface area contributed by atoms with Crippen LogP contribution in [0.15, 0.2) is 24.3 Å². The Morgan fingerprint density at radius 3 is 2.58 bits per heavy atom. The smallest absolute Gasteiger partial charge is 0.269 e. The Morgan fingerprint density at radius 2 is 2.05 bits per heavy atom.